The van der Waals surface area contributed by atoms with Gasteiger partial charge in [0.2, 0.25) is 11.8 Å². The van der Waals surface area contributed by atoms with Crippen molar-refractivity contribution in [3.63, 3.8) is 0 Å². The molecule has 0 unspecified atom stereocenters. The van der Waals surface area contributed by atoms with Gasteiger partial charge in [-0.3, -0.25) is 19.3 Å². The summed E-state index contributed by atoms with van der Waals surface area (Å²) < 4.78 is 5.20. The van der Waals surface area contributed by atoms with Crippen LogP contribution in [0.5, 0.6) is 0 Å². The highest BCUT2D eigenvalue weighted by molar-refractivity contribution is 6.31. The maximum atomic E-state index is 13.6. The summed E-state index contributed by atoms with van der Waals surface area (Å²) in [5.74, 6) is -1.67. The van der Waals surface area contributed by atoms with Crippen LogP contribution in [-0.4, -0.2) is 30.3 Å². The molecule has 198 valence electrons. The van der Waals surface area contributed by atoms with E-state index in [1.165, 1.54) is 22.6 Å². The number of amides is 3. The Hall–Kier alpha value is -3.97. The number of aryl methyl sites for hydroxylation is 1. The minimum Gasteiger partial charge on any atom is -0.452 e. The fourth-order valence-corrected chi connectivity index (χ4v) is 6.83. The molecule has 8 heteroatoms. The topological polar surface area (TPSA) is 92.8 Å². The maximum absolute atomic E-state index is 13.6. The molecule has 2 bridgehead atoms. The van der Waals surface area contributed by atoms with Crippen LogP contribution < -0.4 is 10.2 Å². The molecular weight excluding hydrogens is 516 g/mol. The number of hydrogen-bond acceptors (Lipinski definition) is 5. The van der Waals surface area contributed by atoms with Crippen molar-refractivity contribution in [1.82, 2.24) is 0 Å². The van der Waals surface area contributed by atoms with Crippen LogP contribution in [0.4, 0.5) is 11.4 Å². The van der Waals surface area contributed by atoms with Crippen molar-refractivity contribution in [2.45, 2.75) is 25.7 Å². The lowest BCUT2D eigenvalue weighted by Gasteiger charge is -2.28. The molecule has 3 aromatic rings. The molecule has 5 atom stereocenters. The van der Waals surface area contributed by atoms with Crippen molar-refractivity contribution >= 4 is 46.7 Å². The first-order chi connectivity index (χ1) is 18.8. The van der Waals surface area contributed by atoms with Crippen molar-refractivity contribution in [3.8, 4) is 0 Å². The number of esters is 1. The molecule has 1 aliphatic heterocycles. The summed E-state index contributed by atoms with van der Waals surface area (Å²) in [7, 11) is 0. The maximum Gasteiger partial charge on any atom is 0.338 e. The predicted molar refractivity (Wildman–Crippen MR) is 146 cm³/mol. The summed E-state index contributed by atoms with van der Waals surface area (Å²) in [4.78, 5) is 53.3. The molecule has 7 nitrogen and oxygen atoms in total. The van der Waals surface area contributed by atoms with Crippen LogP contribution in [0.25, 0.3) is 0 Å². The van der Waals surface area contributed by atoms with Crippen molar-refractivity contribution in [3.05, 3.63) is 94.5 Å². The summed E-state index contributed by atoms with van der Waals surface area (Å²) in [6, 6.07) is 21.6. The third kappa shape index (κ3) is 4.51. The van der Waals surface area contributed by atoms with Gasteiger partial charge in [0.25, 0.3) is 5.91 Å². The fourth-order valence-electron chi connectivity index (χ4n) is 6.65. The molecule has 1 heterocycles. The average molecular weight is 543 g/mol. The van der Waals surface area contributed by atoms with Gasteiger partial charge in [-0.05, 0) is 79.0 Å². The van der Waals surface area contributed by atoms with Crippen LogP contribution >= 0.6 is 11.6 Å². The van der Waals surface area contributed by atoms with E-state index >= 15 is 0 Å². The van der Waals surface area contributed by atoms with E-state index in [1.807, 2.05) is 25.1 Å². The van der Waals surface area contributed by atoms with Crippen LogP contribution in [0.2, 0.25) is 5.02 Å². The Morgan fingerprint density at radius 1 is 0.949 bits per heavy atom. The number of fused-ring (bicyclic) bond motifs is 5. The molecule has 2 saturated carbocycles. The number of nitrogens with one attached hydrogen (secondary N) is 1. The Bertz CT molecular complexity index is 1490. The van der Waals surface area contributed by atoms with Gasteiger partial charge in [-0.15, -0.1) is 0 Å². The van der Waals surface area contributed by atoms with Gasteiger partial charge >= 0.3 is 5.97 Å². The molecule has 0 radical (unpaired) electrons. The Kier molecular flexibility index (Phi) is 6.47. The molecule has 1 N–H and O–H groups in total. The second-order valence-electron chi connectivity index (χ2n) is 10.6. The van der Waals surface area contributed by atoms with E-state index in [-0.39, 0.29) is 47.0 Å². The molecule has 0 aromatic heterocycles. The normalized spacial score (nSPS) is 25.1. The quantitative estimate of drug-likeness (QED) is 0.334. The Morgan fingerprint density at radius 2 is 1.72 bits per heavy atom. The van der Waals surface area contributed by atoms with Gasteiger partial charge in [-0.1, -0.05) is 54.1 Å². The van der Waals surface area contributed by atoms with Crippen molar-refractivity contribution in [2.75, 3.05) is 16.8 Å². The van der Waals surface area contributed by atoms with Gasteiger partial charge in [0.15, 0.2) is 6.61 Å². The lowest BCUT2D eigenvalue weighted by atomic mass is 9.73. The number of carbonyl (C=O) groups excluding carboxylic acids is 4. The molecule has 3 amide bonds. The van der Waals surface area contributed by atoms with Crippen molar-refractivity contribution in [2.24, 2.45) is 23.7 Å². The van der Waals surface area contributed by atoms with Crippen molar-refractivity contribution in [1.29, 1.82) is 0 Å². The van der Waals surface area contributed by atoms with Crippen LogP contribution in [0, 0.1) is 30.6 Å². The summed E-state index contributed by atoms with van der Waals surface area (Å²) in [6.45, 7) is 1.36. The highest BCUT2D eigenvalue weighted by Crippen LogP contribution is 2.61. The number of ether oxygens (including phenoxy) is 1. The molecule has 3 fully saturated rings. The van der Waals surface area contributed by atoms with Crippen LogP contribution in [0.3, 0.4) is 0 Å². The summed E-state index contributed by atoms with van der Waals surface area (Å²) in [5.41, 5.74) is 3.10. The van der Waals surface area contributed by atoms with Gasteiger partial charge in [0, 0.05) is 10.7 Å². The standard InChI is InChI=1S/C31H27ClN2O5/c1-17-10-11-21(15-25(17)32)33-26(35)16-39-31(38)19-8-5-9-22(12-19)34-29(36)27-20-13-23(18-6-3-2-4-7-18)24(14-20)28(27)30(34)37/h2-12,15,20,23-24,27-28H,13-14,16H2,1H3,(H,33,35)/t20-,23+,24+,27+,28-/m0/s1. The van der Waals surface area contributed by atoms with E-state index in [0.717, 1.165) is 18.4 Å². The smallest absolute Gasteiger partial charge is 0.338 e. The number of benzene rings is 3. The highest BCUT2D eigenvalue weighted by atomic mass is 35.5. The number of halogens is 1. The fraction of sp³-hybridized carbons (Fsp3) is 0.290. The lowest BCUT2D eigenvalue weighted by Crippen LogP contribution is -2.33. The van der Waals surface area contributed by atoms with Crippen LogP contribution in [0.15, 0.2) is 72.8 Å². The van der Waals surface area contributed by atoms with Crippen LogP contribution in [-0.2, 0) is 19.1 Å². The zero-order valence-electron chi connectivity index (χ0n) is 21.3. The highest BCUT2D eigenvalue weighted by Gasteiger charge is 2.64. The first-order valence-corrected chi connectivity index (χ1v) is 13.5. The molecule has 2 aliphatic carbocycles. The van der Waals surface area contributed by atoms with E-state index in [4.69, 9.17) is 16.3 Å². The first kappa shape index (κ1) is 25.3. The van der Waals surface area contributed by atoms with Gasteiger partial charge in [-0.2, -0.15) is 0 Å². The summed E-state index contributed by atoms with van der Waals surface area (Å²) >= 11 is 6.09. The monoisotopic (exact) mass is 542 g/mol. The minimum atomic E-state index is -0.725. The molecule has 3 aromatic carbocycles. The predicted octanol–water partition coefficient (Wildman–Crippen LogP) is 5.37. The Balaban J connectivity index is 1.13. The molecular formula is C31H27ClN2O5. The van der Waals surface area contributed by atoms with E-state index in [9.17, 15) is 19.2 Å². The molecule has 0 spiro atoms. The Labute approximate surface area is 231 Å². The van der Waals surface area contributed by atoms with Gasteiger partial charge < -0.3 is 10.1 Å². The number of imide groups is 1. The minimum absolute atomic E-state index is 0.138. The molecule has 1 saturated heterocycles. The first-order valence-electron chi connectivity index (χ1n) is 13.1. The van der Waals surface area contributed by atoms with E-state index in [1.54, 1.807) is 30.3 Å². The zero-order valence-corrected chi connectivity index (χ0v) is 22.1. The second kappa shape index (κ2) is 9.97. The van der Waals surface area contributed by atoms with Crippen LogP contribution in [0.1, 0.15) is 40.2 Å². The number of hydrogen-bond donors (Lipinski definition) is 1. The number of carbonyl (C=O) groups is 4. The molecule has 6 rings (SSSR count). The summed E-state index contributed by atoms with van der Waals surface area (Å²) in [5, 5.41) is 3.15. The average Bonchev–Trinajstić information content (AvgIpc) is 3.61. The van der Waals surface area contributed by atoms with E-state index in [2.05, 4.69) is 17.4 Å². The SMILES string of the molecule is Cc1ccc(NC(=O)COC(=O)c2cccc(N3C(=O)[C@@H]4[C@@H]5C[C@@H]([C@@H]4C3=O)[C@@H](c3ccccc3)C5)c2)cc1Cl. The van der Waals surface area contributed by atoms with Gasteiger partial charge in [0.1, 0.15) is 0 Å². The van der Waals surface area contributed by atoms with E-state index < -0.39 is 18.5 Å². The van der Waals surface area contributed by atoms with E-state index in [0.29, 0.717) is 16.4 Å². The Morgan fingerprint density at radius 3 is 2.49 bits per heavy atom. The summed E-state index contributed by atoms with van der Waals surface area (Å²) in [6.07, 6.45) is 1.80. The number of rotatable bonds is 6. The lowest BCUT2D eigenvalue weighted by molar-refractivity contribution is -0.123. The van der Waals surface area contributed by atoms with Gasteiger partial charge in [0.05, 0.1) is 23.1 Å². The number of nitrogens with zero attached hydrogens (tertiary/aromatic N) is 1. The third-order valence-electron chi connectivity index (χ3n) is 8.37. The second-order valence-corrected chi connectivity index (χ2v) is 11.0. The zero-order chi connectivity index (χ0) is 27.3. The van der Waals surface area contributed by atoms with Gasteiger partial charge in [-0.25, -0.2) is 4.79 Å². The van der Waals surface area contributed by atoms with Crippen molar-refractivity contribution < 1.29 is 23.9 Å². The third-order valence-corrected chi connectivity index (χ3v) is 8.78. The molecule has 39 heavy (non-hydrogen) atoms. The molecule has 3 aliphatic rings. The number of anilines is 2. The largest absolute Gasteiger partial charge is 0.452 e.